The van der Waals surface area contributed by atoms with Crippen LogP contribution >= 0.6 is 0 Å². The second-order valence-electron chi connectivity index (χ2n) is 3.91. The third kappa shape index (κ3) is 2.95. The van der Waals surface area contributed by atoms with Crippen LogP contribution in [0.4, 0.5) is 5.69 Å². The molecule has 2 rings (SSSR count). The van der Waals surface area contributed by atoms with E-state index in [9.17, 15) is 0 Å². The van der Waals surface area contributed by atoms with Gasteiger partial charge in [-0.05, 0) is 19.1 Å². The van der Waals surface area contributed by atoms with Crippen LogP contribution in [0.5, 0.6) is 0 Å². The van der Waals surface area contributed by atoms with Crippen molar-refractivity contribution < 1.29 is 13.9 Å². The lowest BCUT2D eigenvalue weighted by atomic mass is 10.3. The predicted molar refractivity (Wildman–Crippen MR) is 64.5 cm³/mol. The average Bonchev–Trinajstić information content (AvgIpc) is 2.68. The number of nitrogen functional groups attached to an aromatic ring is 1. The van der Waals surface area contributed by atoms with E-state index >= 15 is 0 Å². The lowest BCUT2D eigenvalue weighted by Gasteiger charge is -2.09. The SMILES string of the molecule is COCC(C)OCc1nc2ccc(N)cc2o1. The molecule has 1 aromatic carbocycles. The van der Waals surface area contributed by atoms with Crippen molar-refractivity contribution in [2.75, 3.05) is 19.5 Å². The van der Waals surface area contributed by atoms with Gasteiger partial charge in [-0.25, -0.2) is 4.98 Å². The molecule has 0 fully saturated rings. The van der Waals surface area contributed by atoms with Gasteiger partial charge in [-0.3, -0.25) is 0 Å². The monoisotopic (exact) mass is 236 g/mol. The van der Waals surface area contributed by atoms with Crippen LogP contribution in [0.25, 0.3) is 11.1 Å². The fourth-order valence-corrected chi connectivity index (χ4v) is 1.55. The first-order valence-electron chi connectivity index (χ1n) is 5.44. The number of nitrogens with two attached hydrogens (primary N) is 1. The second-order valence-corrected chi connectivity index (χ2v) is 3.91. The normalized spacial score (nSPS) is 13.1. The van der Waals surface area contributed by atoms with Crippen LogP contribution in [-0.4, -0.2) is 24.8 Å². The topological polar surface area (TPSA) is 70.5 Å². The molecule has 1 atom stereocenters. The molecule has 92 valence electrons. The fraction of sp³-hybridized carbons (Fsp3) is 0.417. The van der Waals surface area contributed by atoms with Gasteiger partial charge in [0.1, 0.15) is 12.1 Å². The van der Waals surface area contributed by atoms with Gasteiger partial charge in [0.2, 0.25) is 5.89 Å². The van der Waals surface area contributed by atoms with E-state index < -0.39 is 0 Å². The standard InChI is InChI=1S/C12H16N2O3/c1-8(6-15-2)16-7-12-14-10-4-3-9(13)5-11(10)17-12/h3-5,8H,6-7,13H2,1-2H3. The molecule has 0 aliphatic carbocycles. The Hall–Kier alpha value is -1.59. The third-order valence-electron chi connectivity index (χ3n) is 2.35. The van der Waals surface area contributed by atoms with Gasteiger partial charge in [0.05, 0.1) is 12.7 Å². The molecule has 2 aromatic rings. The number of anilines is 1. The van der Waals surface area contributed by atoms with Crippen LogP contribution < -0.4 is 5.73 Å². The molecule has 0 aliphatic heterocycles. The number of benzene rings is 1. The van der Waals surface area contributed by atoms with Gasteiger partial charge >= 0.3 is 0 Å². The Balaban J connectivity index is 2.04. The van der Waals surface area contributed by atoms with Gasteiger partial charge in [0, 0.05) is 18.9 Å². The first-order chi connectivity index (χ1) is 8.19. The zero-order valence-corrected chi connectivity index (χ0v) is 9.97. The van der Waals surface area contributed by atoms with Crippen molar-refractivity contribution >= 4 is 16.8 Å². The highest BCUT2D eigenvalue weighted by atomic mass is 16.5. The number of hydrogen-bond donors (Lipinski definition) is 1. The molecular weight excluding hydrogens is 220 g/mol. The summed E-state index contributed by atoms with van der Waals surface area (Å²) in [6.45, 7) is 2.82. The minimum atomic E-state index is 0.0140. The van der Waals surface area contributed by atoms with Crippen LogP contribution in [0.15, 0.2) is 22.6 Å². The summed E-state index contributed by atoms with van der Waals surface area (Å²) in [5.41, 5.74) is 7.79. The maximum absolute atomic E-state index is 5.66. The number of hydrogen-bond acceptors (Lipinski definition) is 5. The van der Waals surface area contributed by atoms with E-state index in [0.29, 0.717) is 30.4 Å². The molecule has 5 nitrogen and oxygen atoms in total. The molecule has 0 aliphatic rings. The smallest absolute Gasteiger partial charge is 0.221 e. The van der Waals surface area contributed by atoms with E-state index in [1.54, 1.807) is 19.2 Å². The zero-order chi connectivity index (χ0) is 12.3. The first-order valence-corrected chi connectivity index (χ1v) is 5.44. The molecule has 0 bridgehead atoms. The van der Waals surface area contributed by atoms with Crippen LogP contribution in [0.3, 0.4) is 0 Å². The maximum atomic E-state index is 5.66. The van der Waals surface area contributed by atoms with E-state index in [1.807, 2.05) is 13.0 Å². The summed E-state index contributed by atoms with van der Waals surface area (Å²) in [5.74, 6) is 0.550. The Labute approximate surface area is 99.5 Å². The number of fused-ring (bicyclic) bond motifs is 1. The molecule has 2 N–H and O–H groups in total. The van der Waals surface area contributed by atoms with Crippen molar-refractivity contribution in [2.45, 2.75) is 19.6 Å². The molecule has 0 radical (unpaired) electrons. The van der Waals surface area contributed by atoms with Gasteiger partial charge in [-0.1, -0.05) is 0 Å². The molecule has 1 unspecified atom stereocenters. The second kappa shape index (κ2) is 5.16. The number of methoxy groups -OCH3 is 1. The number of aromatic nitrogens is 1. The Morgan fingerprint density at radius 1 is 1.47 bits per heavy atom. The molecular formula is C12H16N2O3. The lowest BCUT2D eigenvalue weighted by molar-refractivity contribution is -0.00755. The minimum Gasteiger partial charge on any atom is -0.438 e. The summed E-state index contributed by atoms with van der Waals surface area (Å²) in [5, 5.41) is 0. The summed E-state index contributed by atoms with van der Waals surface area (Å²) < 4.78 is 16.0. The van der Waals surface area contributed by atoms with Crippen molar-refractivity contribution in [1.29, 1.82) is 0 Å². The maximum Gasteiger partial charge on any atom is 0.221 e. The number of oxazole rings is 1. The van der Waals surface area contributed by atoms with Crippen LogP contribution in [-0.2, 0) is 16.1 Å². The molecule has 0 amide bonds. The minimum absolute atomic E-state index is 0.0140. The highest BCUT2D eigenvalue weighted by Crippen LogP contribution is 2.18. The van der Waals surface area contributed by atoms with Gasteiger partial charge in [0.15, 0.2) is 5.58 Å². The van der Waals surface area contributed by atoms with Crippen molar-refractivity contribution in [3.8, 4) is 0 Å². The van der Waals surface area contributed by atoms with Crippen LogP contribution in [0, 0.1) is 0 Å². The zero-order valence-electron chi connectivity index (χ0n) is 9.97. The van der Waals surface area contributed by atoms with Gasteiger partial charge in [0.25, 0.3) is 0 Å². The van der Waals surface area contributed by atoms with E-state index in [-0.39, 0.29) is 6.10 Å². The Kier molecular flexibility index (Phi) is 3.61. The third-order valence-corrected chi connectivity index (χ3v) is 2.35. The van der Waals surface area contributed by atoms with Crippen molar-refractivity contribution in [2.24, 2.45) is 0 Å². The quantitative estimate of drug-likeness (QED) is 0.803. The molecule has 0 saturated carbocycles. The number of rotatable bonds is 5. The predicted octanol–water partition coefficient (Wildman–Crippen LogP) is 1.96. The van der Waals surface area contributed by atoms with E-state index in [1.165, 1.54) is 0 Å². The number of ether oxygens (including phenoxy) is 2. The molecule has 1 heterocycles. The molecule has 0 saturated heterocycles. The van der Waals surface area contributed by atoms with Crippen LogP contribution in [0.2, 0.25) is 0 Å². The first kappa shape index (κ1) is 11.9. The summed E-state index contributed by atoms with van der Waals surface area (Å²) in [6.07, 6.45) is 0.0140. The van der Waals surface area contributed by atoms with Crippen LogP contribution in [0.1, 0.15) is 12.8 Å². The van der Waals surface area contributed by atoms with E-state index in [4.69, 9.17) is 19.6 Å². The van der Waals surface area contributed by atoms with Crippen molar-refractivity contribution in [1.82, 2.24) is 4.98 Å². The van der Waals surface area contributed by atoms with E-state index in [2.05, 4.69) is 4.98 Å². The average molecular weight is 236 g/mol. The summed E-state index contributed by atoms with van der Waals surface area (Å²) >= 11 is 0. The van der Waals surface area contributed by atoms with Crippen molar-refractivity contribution in [3.63, 3.8) is 0 Å². The molecule has 5 heteroatoms. The largest absolute Gasteiger partial charge is 0.438 e. The van der Waals surface area contributed by atoms with E-state index in [0.717, 1.165) is 5.52 Å². The molecule has 1 aromatic heterocycles. The summed E-state index contributed by atoms with van der Waals surface area (Å²) in [4.78, 5) is 4.30. The molecule has 17 heavy (non-hydrogen) atoms. The highest BCUT2D eigenvalue weighted by molar-refractivity contribution is 5.76. The van der Waals surface area contributed by atoms with Gasteiger partial charge in [-0.15, -0.1) is 0 Å². The lowest BCUT2D eigenvalue weighted by Crippen LogP contribution is -2.14. The summed E-state index contributed by atoms with van der Waals surface area (Å²) in [6, 6.07) is 5.38. The number of nitrogens with zero attached hydrogens (tertiary/aromatic N) is 1. The Morgan fingerprint density at radius 3 is 3.06 bits per heavy atom. The van der Waals surface area contributed by atoms with Gasteiger partial charge in [-0.2, -0.15) is 0 Å². The Morgan fingerprint density at radius 2 is 2.29 bits per heavy atom. The molecule has 0 spiro atoms. The fourth-order valence-electron chi connectivity index (χ4n) is 1.55. The highest BCUT2D eigenvalue weighted by Gasteiger charge is 2.08. The van der Waals surface area contributed by atoms with Crippen molar-refractivity contribution in [3.05, 3.63) is 24.1 Å². The van der Waals surface area contributed by atoms with Gasteiger partial charge < -0.3 is 19.6 Å². The Bertz CT molecular complexity index is 495. The summed E-state index contributed by atoms with van der Waals surface area (Å²) in [7, 11) is 1.64.